The van der Waals surface area contributed by atoms with E-state index in [2.05, 4.69) is 10.4 Å². The van der Waals surface area contributed by atoms with E-state index in [1.807, 2.05) is 140 Å². The first-order chi connectivity index (χ1) is 30.5. The molecule has 2 heterocycles. The third-order valence-corrected chi connectivity index (χ3v) is 11.4. The predicted octanol–water partition coefficient (Wildman–Crippen LogP) is 9.45. The van der Waals surface area contributed by atoms with Gasteiger partial charge in [-0.25, -0.2) is 14.4 Å². The Morgan fingerprint density at radius 3 is 1.76 bits per heavy atom. The first-order valence-electron chi connectivity index (χ1n) is 20.7. The molecule has 1 atom stereocenters. The van der Waals surface area contributed by atoms with Gasteiger partial charge in [0.25, 0.3) is 0 Å². The summed E-state index contributed by atoms with van der Waals surface area (Å²) in [4.78, 5) is 41.9. The minimum Gasteiger partial charge on any atom is -0.480 e. The Morgan fingerprint density at radius 2 is 1.22 bits per heavy atom. The summed E-state index contributed by atoms with van der Waals surface area (Å²) in [6, 6.07) is 49.7. The molecule has 0 spiro atoms. The molecule has 1 aliphatic carbocycles. The van der Waals surface area contributed by atoms with Gasteiger partial charge in [0.05, 0.1) is 5.52 Å². The Balaban J connectivity index is 1.08. The number of tetrazole rings is 1. The lowest BCUT2D eigenvalue weighted by atomic mass is 9.77. The van der Waals surface area contributed by atoms with Crippen molar-refractivity contribution in [2.45, 2.75) is 50.3 Å². The van der Waals surface area contributed by atoms with Crippen LogP contribution in [0.15, 0.2) is 164 Å². The van der Waals surface area contributed by atoms with Gasteiger partial charge in [-0.05, 0) is 76.6 Å². The van der Waals surface area contributed by atoms with Gasteiger partial charge >= 0.3 is 18.2 Å². The highest BCUT2D eigenvalue weighted by molar-refractivity contribution is 6.00. The number of carbonyl (C=O) groups is 3. The Kier molecular flexibility index (Phi) is 10.6. The minimum absolute atomic E-state index is 0.0152. The highest BCUT2D eigenvalue weighted by Gasteiger charge is 2.41. The molecule has 6 aromatic carbocycles. The molecule has 314 valence electrons. The van der Waals surface area contributed by atoms with Crippen LogP contribution in [0.3, 0.4) is 0 Å². The van der Waals surface area contributed by atoms with Crippen LogP contribution in [0.1, 0.15) is 60.1 Å². The van der Waals surface area contributed by atoms with E-state index in [0.717, 1.165) is 38.9 Å². The maximum atomic E-state index is 14.0. The van der Waals surface area contributed by atoms with Crippen LogP contribution in [-0.2, 0) is 26.2 Å². The summed E-state index contributed by atoms with van der Waals surface area (Å²) in [7, 11) is 0. The summed E-state index contributed by atoms with van der Waals surface area (Å²) < 4.78 is 12.9. The zero-order chi connectivity index (χ0) is 43.7. The van der Waals surface area contributed by atoms with Crippen molar-refractivity contribution in [3.8, 4) is 22.5 Å². The monoisotopic (exact) mass is 836 g/mol. The van der Waals surface area contributed by atoms with Crippen molar-refractivity contribution in [2.24, 2.45) is 0 Å². The SMILES string of the molecule is CC(C)(C)OC(=O)n1cc(C[C@H](NC(=O)OCC2c3ccccc3-c3ccccc32)C(=O)O)c2cccc(-c3nnn(C(c4ccccc4)(c4ccccc4)c4ccccc4)n3)c21. The first-order valence-corrected chi connectivity index (χ1v) is 20.7. The fourth-order valence-corrected chi connectivity index (χ4v) is 8.70. The van der Waals surface area contributed by atoms with Crippen molar-refractivity contribution >= 4 is 29.1 Å². The van der Waals surface area contributed by atoms with Gasteiger partial charge in [0.15, 0.2) is 5.54 Å². The Labute approximate surface area is 363 Å². The number of nitrogens with one attached hydrogen (secondary N) is 1. The van der Waals surface area contributed by atoms with Crippen LogP contribution in [0.5, 0.6) is 0 Å². The van der Waals surface area contributed by atoms with Gasteiger partial charge < -0.3 is 19.9 Å². The number of alkyl carbamates (subject to hydrolysis) is 1. The fraction of sp³-hybridized carbons (Fsp3) is 0.176. The van der Waals surface area contributed by atoms with E-state index >= 15 is 0 Å². The molecule has 1 amide bonds. The number of carbonyl (C=O) groups excluding carboxylic acids is 2. The average molecular weight is 837 g/mol. The fourth-order valence-electron chi connectivity index (χ4n) is 8.70. The van der Waals surface area contributed by atoms with Gasteiger partial charge in [-0.1, -0.05) is 152 Å². The molecule has 0 radical (unpaired) electrons. The number of carboxylic acid groups (broad SMARTS) is 1. The number of fused-ring (bicyclic) bond motifs is 4. The molecule has 0 fully saturated rings. The van der Waals surface area contributed by atoms with Crippen LogP contribution in [0.2, 0.25) is 0 Å². The van der Waals surface area contributed by atoms with Crippen LogP contribution in [0, 0.1) is 0 Å². The van der Waals surface area contributed by atoms with E-state index < -0.39 is 35.3 Å². The van der Waals surface area contributed by atoms with Crippen LogP contribution < -0.4 is 5.32 Å². The molecule has 0 aliphatic heterocycles. The number of para-hydroxylation sites is 1. The van der Waals surface area contributed by atoms with Crippen LogP contribution in [0.4, 0.5) is 9.59 Å². The Bertz CT molecular complexity index is 2820. The summed E-state index contributed by atoms with van der Waals surface area (Å²) in [5.41, 5.74) is 6.29. The normalized spacial score (nSPS) is 12.9. The number of carboxylic acids is 1. The number of amides is 1. The summed E-state index contributed by atoms with van der Waals surface area (Å²) >= 11 is 0. The van der Waals surface area contributed by atoms with Crippen molar-refractivity contribution in [1.82, 2.24) is 30.1 Å². The molecule has 12 heteroatoms. The second-order valence-electron chi connectivity index (χ2n) is 16.5. The number of aromatic nitrogens is 5. The zero-order valence-electron chi connectivity index (χ0n) is 34.9. The van der Waals surface area contributed by atoms with Gasteiger partial charge in [0.1, 0.15) is 18.2 Å². The lowest BCUT2D eigenvalue weighted by Crippen LogP contribution is -2.42. The highest BCUT2D eigenvalue weighted by Crippen LogP contribution is 2.45. The van der Waals surface area contributed by atoms with Gasteiger partial charge in [-0.15, -0.1) is 15.0 Å². The van der Waals surface area contributed by atoms with Crippen molar-refractivity contribution in [3.05, 3.63) is 197 Å². The van der Waals surface area contributed by atoms with Crippen LogP contribution in [-0.4, -0.2) is 66.3 Å². The van der Waals surface area contributed by atoms with Crippen molar-refractivity contribution in [3.63, 3.8) is 0 Å². The number of hydrogen-bond donors (Lipinski definition) is 2. The summed E-state index contributed by atoms with van der Waals surface area (Å²) in [5, 5.41) is 28.0. The topological polar surface area (TPSA) is 150 Å². The number of nitrogens with zero attached hydrogens (tertiary/aromatic N) is 5. The van der Waals surface area contributed by atoms with Crippen LogP contribution in [0.25, 0.3) is 33.4 Å². The molecule has 0 bridgehead atoms. The predicted molar refractivity (Wildman–Crippen MR) is 238 cm³/mol. The van der Waals surface area contributed by atoms with E-state index in [1.54, 1.807) is 50.0 Å². The molecule has 0 unspecified atom stereocenters. The molecule has 2 aromatic heterocycles. The van der Waals surface area contributed by atoms with Crippen LogP contribution >= 0.6 is 0 Å². The van der Waals surface area contributed by atoms with E-state index in [-0.39, 0.29) is 24.8 Å². The maximum absolute atomic E-state index is 14.0. The van der Waals surface area contributed by atoms with Crippen molar-refractivity contribution in [1.29, 1.82) is 0 Å². The van der Waals surface area contributed by atoms with Gasteiger partial charge in [-0.3, -0.25) is 4.57 Å². The molecule has 63 heavy (non-hydrogen) atoms. The molecule has 0 saturated heterocycles. The second-order valence-corrected chi connectivity index (χ2v) is 16.5. The number of hydrogen-bond acceptors (Lipinski definition) is 8. The van der Waals surface area contributed by atoms with Gasteiger partial charge in [0, 0.05) is 29.5 Å². The number of benzene rings is 6. The molecule has 0 saturated carbocycles. The standard InChI is InChI=1S/C51H44N6O6/c1-50(2,3)63-49(61)56-31-33(30-44(47(58)59)52-48(60)62-32-43-40-26-15-13-24-38(40)39-25-14-16-27-41(39)43)37-28-17-29-42(45(37)56)46-53-55-57(54-46)51(34-18-7-4-8-19-34,35-20-9-5-10-21-35)36-22-11-6-12-23-36/h4-29,31,43-44H,30,32H2,1-3H3,(H,52,60)(H,58,59)/t44-/m0/s1. The Hall–Kier alpha value is -7.86. The molecule has 8 aromatic rings. The number of rotatable bonds is 11. The second kappa shape index (κ2) is 16.5. The molecule has 1 aliphatic rings. The lowest BCUT2D eigenvalue weighted by molar-refractivity contribution is -0.139. The van der Waals surface area contributed by atoms with E-state index in [9.17, 15) is 19.5 Å². The van der Waals surface area contributed by atoms with Gasteiger partial charge in [-0.2, -0.15) is 0 Å². The molecule has 12 nitrogen and oxygen atoms in total. The minimum atomic E-state index is -1.41. The first kappa shape index (κ1) is 40.5. The van der Waals surface area contributed by atoms with E-state index in [1.165, 1.54) is 4.57 Å². The third kappa shape index (κ3) is 7.60. The van der Waals surface area contributed by atoms with E-state index in [4.69, 9.17) is 19.8 Å². The molecule has 9 rings (SSSR count). The summed E-state index contributed by atoms with van der Waals surface area (Å²) in [5.74, 6) is -1.27. The quantitative estimate of drug-likeness (QED) is 0.122. The summed E-state index contributed by atoms with van der Waals surface area (Å²) in [6.07, 6.45) is -0.207. The molecular weight excluding hydrogens is 793 g/mol. The lowest BCUT2D eigenvalue weighted by Gasteiger charge is -2.34. The highest BCUT2D eigenvalue weighted by atomic mass is 16.6. The van der Waals surface area contributed by atoms with Gasteiger partial charge in [0.2, 0.25) is 5.82 Å². The molecule has 2 N–H and O–H groups in total. The smallest absolute Gasteiger partial charge is 0.419 e. The van der Waals surface area contributed by atoms with Crippen molar-refractivity contribution in [2.75, 3.05) is 6.61 Å². The average Bonchev–Trinajstić information content (AvgIpc) is 4.02. The van der Waals surface area contributed by atoms with Crippen molar-refractivity contribution < 1.29 is 29.0 Å². The largest absolute Gasteiger partial charge is 0.480 e. The van der Waals surface area contributed by atoms with E-state index in [0.29, 0.717) is 22.0 Å². The zero-order valence-corrected chi connectivity index (χ0v) is 34.9. The molecular formula is C51H44N6O6. The third-order valence-electron chi connectivity index (χ3n) is 11.4. The summed E-state index contributed by atoms with van der Waals surface area (Å²) in [6.45, 7) is 5.31. The maximum Gasteiger partial charge on any atom is 0.419 e. The number of ether oxygens (including phenoxy) is 2. The number of aliphatic carboxylic acids is 1. The Morgan fingerprint density at radius 1 is 0.698 bits per heavy atom.